The third-order valence-electron chi connectivity index (χ3n) is 6.71. The molecule has 4 nitrogen and oxygen atoms in total. The number of benzene rings is 1. The second kappa shape index (κ2) is 10.7. The number of allylic oxidation sites excluding steroid dienone is 2. The van der Waals surface area contributed by atoms with Crippen molar-refractivity contribution >= 4 is 19.7 Å². The van der Waals surface area contributed by atoms with Crippen molar-refractivity contribution < 1.29 is 19.1 Å². The molecular formula is C25H40O4Si. The minimum absolute atomic E-state index is 0.000158. The van der Waals surface area contributed by atoms with Crippen molar-refractivity contribution in [1.29, 1.82) is 0 Å². The molecule has 0 aliphatic heterocycles. The Morgan fingerprint density at radius 1 is 1.03 bits per heavy atom. The summed E-state index contributed by atoms with van der Waals surface area (Å²) in [6.07, 6.45) is 4.15. The van der Waals surface area contributed by atoms with Crippen LogP contribution in [0.25, 0.3) is 5.57 Å². The molecule has 1 aliphatic rings. The standard InChI is InChI=1S/C25H40O4Si/c1-17(2)30(18(3)4,19(5)6)29-16-21(15-26)25-14-23(28-7)11-12-24(25)20-9-8-10-22(27)13-20/h11-14,17-19,21,26H,8-10,15-16H2,1-7H3/t21-/m0/s1. The van der Waals surface area contributed by atoms with Crippen LogP contribution in [-0.4, -0.2) is 39.5 Å². The first-order valence-electron chi connectivity index (χ1n) is 11.3. The summed E-state index contributed by atoms with van der Waals surface area (Å²) >= 11 is 0. The van der Waals surface area contributed by atoms with Gasteiger partial charge < -0.3 is 14.3 Å². The number of carbonyl (C=O) groups excluding carboxylic acids is 1. The van der Waals surface area contributed by atoms with Gasteiger partial charge in [0.15, 0.2) is 14.1 Å². The quantitative estimate of drug-likeness (QED) is 0.454. The molecule has 0 radical (unpaired) electrons. The Hall–Kier alpha value is -1.43. The average molecular weight is 433 g/mol. The highest BCUT2D eigenvalue weighted by atomic mass is 28.4. The molecule has 2 rings (SSSR count). The van der Waals surface area contributed by atoms with Gasteiger partial charge >= 0.3 is 0 Å². The van der Waals surface area contributed by atoms with Crippen molar-refractivity contribution in [2.75, 3.05) is 20.3 Å². The topological polar surface area (TPSA) is 55.8 Å². The van der Waals surface area contributed by atoms with Crippen molar-refractivity contribution in [3.8, 4) is 5.75 Å². The van der Waals surface area contributed by atoms with E-state index < -0.39 is 8.32 Å². The van der Waals surface area contributed by atoms with Crippen LogP contribution in [0, 0.1) is 0 Å². The van der Waals surface area contributed by atoms with Gasteiger partial charge in [-0.15, -0.1) is 0 Å². The molecule has 0 bridgehead atoms. The fourth-order valence-corrected chi connectivity index (χ4v) is 10.8. The smallest absolute Gasteiger partial charge is 0.200 e. The van der Waals surface area contributed by atoms with Crippen LogP contribution in [-0.2, 0) is 9.22 Å². The molecule has 0 fully saturated rings. The van der Waals surface area contributed by atoms with Gasteiger partial charge in [-0.05, 0) is 64.4 Å². The molecule has 1 aromatic rings. The Morgan fingerprint density at radius 3 is 2.17 bits per heavy atom. The summed E-state index contributed by atoms with van der Waals surface area (Å²) in [6.45, 7) is 14.1. The SMILES string of the molecule is COc1ccc(C2=CC(=O)CCC2)c([C@@H](CO)CO[Si](C(C)C)(C(C)C)C(C)C)c1. The average Bonchev–Trinajstić information content (AvgIpc) is 2.70. The van der Waals surface area contributed by atoms with Crippen molar-refractivity contribution in [2.24, 2.45) is 0 Å². The lowest BCUT2D eigenvalue weighted by atomic mass is 9.86. The second-order valence-electron chi connectivity index (χ2n) is 9.45. The van der Waals surface area contributed by atoms with E-state index in [1.54, 1.807) is 13.2 Å². The molecule has 0 heterocycles. The zero-order chi connectivity index (χ0) is 22.5. The lowest BCUT2D eigenvalue weighted by Gasteiger charge is -2.43. The number of ether oxygens (including phenoxy) is 1. The van der Waals surface area contributed by atoms with Crippen LogP contribution in [0.3, 0.4) is 0 Å². The number of carbonyl (C=O) groups is 1. The third-order valence-corrected chi connectivity index (χ3v) is 12.8. The molecule has 0 spiro atoms. The minimum atomic E-state index is -2.04. The van der Waals surface area contributed by atoms with Crippen LogP contribution < -0.4 is 4.74 Å². The zero-order valence-corrected chi connectivity index (χ0v) is 20.8. The van der Waals surface area contributed by atoms with Crippen molar-refractivity contribution in [3.63, 3.8) is 0 Å². The lowest BCUT2D eigenvalue weighted by molar-refractivity contribution is -0.114. The zero-order valence-electron chi connectivity index (χ0n) is 19.8. The first-order chi connectivity index (χ1) is 14.2. The van der Waals surface area contributed by atoms with E-state index in [0.29, 0.717) is 29.7 Å². The molecule has 0 unspecified atom stereocenters. The molecule has 168 valence electrons. The minimum Gasteiger partial charge on any atom is -0.497 e. The molecule has 30 heavy (non-hydrogen) atoms. The maximum atomic E-state index is 12.0. The number of aliphatic hydroxyl groups excluding tert-OH is 1. The molecule has 0 saturated carbocycles. The summed E-state index contributed by atoms with van der Waals surface area (Å²) in [6, 6.07) is 5.96. The molecule has 5 heteroatoms. The van der Waals surface area contributed by atoms with Crippen molar-refractivity contribution in [1.82, 2.24) is 0 Å². The Bertz CT molecular complexity index is 730. The Kier molecular flexibility index (Phi) is 8.89. The maximum absolute atomic E-state index is 12.0. The molecule has 1 aromatic carbocycles. The maximum Gasteiger partial charge on any atom is 0.200 e. The normalized spacial score (nSPS) is 16.4. The Morgan fingerprint density at radius 2 is 1.67 bits per heavy atom. The van der Waals surface area contributed by atoms with Gasteiger partial charge in [-0.25, -0.2) is 0 Å². The lowest BCUT2D eigenvalue weighted by Crippen LogP contribution is -2.48. The number of hydrogen-bond donors (Lipinski definition) is 1. The number of aliphatic hydroxyl groups is 1. The van der Waals surface area contributed by atoms with E-state index in [0.717, 1.165) is 35.3 Å². The van der Waals surface area contributed by atoms with Crippen LogP contribution in [0.4, 0.5) is 0 Å². The predicted octanol–water partition coefficient (Wildman–Crippen LogP) is 6.10. The van der Waals surface area contributed by atoms with E-state index in [9.17, 15) is 9.90 Å². The van der Waals surface area contributed by atoms with E-state index in [1.807, 2.05) is 18.2 Å². The van der Waals surface area contributed by atoms with Gasteiger partial charge in [0.05, 0.1) is 13.7 Å². The Balaban J connectivity index is 2.43. The Labute approximate surface area is 183 Å². The highest BCUT2D eigenvalue weighted by Gasteiger charge is 2.45. The van der Waals surface area contributed by atoms with E-state index >= 15 is 0 Å². The molecule has 0 amide bonds. The first-order valence-corrected chi connectivity index (χ1v) is 13.5. The van der Waals surface area contributed by atoms with Crippen molar-refractivity contribution in [3.05, 3.63) is 35.4 Å². The summed E-state index contributed by atoms with van der Waals surface area (Å²) in [7, 11) is -0.387. The monoisotopic (exact) mass is 432 g/mol. The molecule has 1 N–H and O–H groups in total. The van der Waals surface area contributed by atoms with E-state index in [4.69, 9.17) is 9.16 Å². The molecule has 0 aromatic heterocycles. The fraction of sp³-hybridized carbons (Fsp3) is 0.640. The van der Waals surface area contributed by atoms with Crippen molar-refractivity contribution in [2.45, 2.75) is 83.3 Å². The third kappa shape index (κ3) is 5.24. The van der Waals surface area contributed by atoms with Crippen LogP contribution in [0.5, 0.6) is 5.75 Å². The van der Waals surface area contributed by atoms with Gasteiger partial charge in [0.1, 0.15) is 5.75 Å². The van der Waals surface area contributed by atoms with Crippen LogP contribution in [0.15, 0.2) is 24.3 Å². The number of rotatable bonds is 10. The summed E-state index contributed by atoms with van der Waals surface area (Å²) in [5.41, 5.74) is 4.57. The van der Waals surface area contributed by atoms with E-state index in [1.165, 1.54) is 0 Å². The summed E-state index contributed by atoms with van der Waals surface area (Å²) < 4.78 is 12.3. The molecule has 0 saturated heterocycles. The molecular weight excluding hydrogens is 392 g/mol. The van der Waals surface area contributed by atoms with Gasteiger partial charge in [-0.1, -0.05) is 47.6 Å². The van der Waals surface area contributed by atoms with Crippen LogP contribution in [0.2, 0.25) is 16.6 Å². The van der Waals surface area contributed by atoms with Crippen LogP contribution >= 0.6 is 0 Å². The highest BCUT2D eigenvalue weighted by Crippen LogP contribution is 2.43. The van der Waals surface area contributed by atoms with Gasteiger partial charge in [0.25, 0.3) is 0 Å². The summed E-state index contributed by atoms with van der Waals surface area (Å²) in [5, 5.41) is 10.3. The highest BCUT2D eigenvalue weighted by molar-refractivity contribution is 6.77. The second-order valence-corrected chi connectivity index (χ2v) is 14.9. The first kappa shape index (κ1) is 24.8. The fourth-order valence-electron chi connectivity index (χ4n) is 5.29. The molecule has 1 aliphatic carbocycles. The van der Waals surface area contributed by atoms with Gasteiger partial charge in [-0.3, -0.25) is 4.79 Å². The van der Waals surface area contributed by atoms with E-state index in [2.05, 4.69) is 41.5 Å². The predicted molar refractivity (Wildman–Crippen MR) is 127 cm³/mol. The van der Waals surface area contributed by atoms with Crippen LogP contribution in [0.1, 0.15) is 77.8 Å². The number of ketones is 1. The van der Waals surface area contributed by atoms with Gasteiger partial charge in [-0.2, -0.15) is 0 Å². The summed E-state index contributed by atoms with van der Waals surface area (Å²) in [4.78, 5) is 12.0. The largest absolute Gasteiger partial charge is 0.497 e. The summed E-state index contributed by atoms with van der Waals surface area (Å²) in [5.74, 6) is 0.784. The van der Waals surface area contributed by atoms with Gasteiger partial charge in [0, 0.05) is 18.9 Å². The van der Waals surface area contributed by atoms with E-state index in [-0.39, 0.29) is 18.3 Å². The molecule has 1 atom stereocenters. The van der Waals surface area contributed by atoms with Gasteiger partial charge in [0.2, 0.25) is 0 Å². The number of methoxy groups -OCH3 is 1. The number of hydrogen-bond acceptors (Lipinski definition) is 4.